The molecule has 2 N–H and O–H groups in total. The highest BCUT2D eigenvalue weighted by molar-refractivity contribution is 5.83. The molecule has 0 aromatic heterocycles. The van der Waals surface area contributed by atoms with Crippen molar-refractivity contribution in [2.24, 2.45) is 0 Å². The monoisotopic (exact) mass is 274 g/mol. The molecule has 1 aliphatic carbocycles. The number of hydrogen-bond donors (Lipinski definition) is 2. The van der Waals surface area contributed by atoms with Crippen molar-refractivity contribution in [2.45, 2.75) is 37.3 Å². The van der Waals surface area contributed by atoms with Gasteiger partial charge in [-0.15, -0.1) is 0 Å². The first kappa shape index (κ1) is 13.7. The summed E-state index contributed by atoms with van der Waals surface area (Å²) in [5.41, 5.74) is -3.18. The first-order valence-corrected chi connectivity index (χ1v) is 5.92. The van der Waals surface area contributed by atoms with E-state index in [1.165, 1.54) is 0 Å². The number of carboxylic acids is 1. The van der Waals surface area contributed by atoms with Crippen LogP contribution >= 0.6 is 0 Å². The van der Waals surface area contributed by atoms with E-state index in [0.29, 0.717) is 12.8 Å². The van der Waals surface area contributed by atoms with Gasteiger partial charge in [0.1, 0.15) is 5.75 Å². The fraction of sp³-hybridized carbons (Fsp3) is 0.462. The van der Waals surface area contributed by atoms with Crippen molar-refractivity contribution >= 4 is 5.97 Å². The number of rotatable bonds is 2. The van der Waals surface area contributed by atoms with Gasteiger partial charge in [-0.2, -0.15) is 13.2 Å². The zero-order valence-electron chi connectivity index (χ0n) is 10.00. The van der Waals surface area contributed by atoms with Crippen molar-refractivity contribution in [1.29, 1.82) is 0 Å². The average Bonchev–Trinajstić information content (AvgIpc) is 2.77. The Hall–Kier alpha value is -1.72. The van der Waals surface area contributed by atoms with Crippen LogP contribution in [0.3, 0.4) is 0 Å². The summed E-state index contributed by atoms with van der Waals surface area (Å²) < 4.78 is 39.0. The molecular formula is C13H13F3O3. The van der Waals surface area contributed by atoms with Crippen LogP contribution in [-0.2, 0) is 16.4 Å². The van der Waals surface area contributed by atoms with Crippen LogP contribution in [0, 0.1) is 0 Å². The van der Waals surface area contributed by atoms with E-state index in [2.05, 4.69) is 0 Å². The van der Waals surface area contributed by atoms with Crippen LogP contribution in [0.4, 0.5) is 13.2 Å². The molecule has 0 radical (unpaired) electrons. The molecule has 1 fully saturated rings. The Labute approximate surface area is 107 Å². The number of hydrogen-bond acceptors (Lipinski definition) is 2. The zero-order chi connectivity index (χ0) is 14.3. The summed E-state index contributed by atoms with van der Waals surface area (Å²) in [4.78, 5) is 11.5. The smallest absolute Gasteiger partial charge is 0.416 e. The van der Waals surface area contributed by atoms with Gasteiger partial charge in [0.15, 0.2) is 0 Å². The summed E-state index contributed by atoms with van der Waals surface area (Å²) in [5, 5.41) is 19.1. The van der Waals surface area contributed by atoms with E-state index in [1.54, 1.807) is 0 Å². The number of phenolic OH excluding ortho intramolecular Hbond substituents is 1. The number of carbonyl (C=O) groups is 1. The highest BCUT2D eigenvalue weighted by Crippen LogP contribution is 2.49. The number of alkyl halides is 3. The van der Waals surface area contributed by atoms with Crippen LogP contribution in [0.15, 0.2) is 18.2 Å². The molecule has 1 aliphatic rings. The van der Waals surface area contributed by atoms with Gasteiger partial charge in [0, 0.05) is 5.56 Å². The molecule has 1 aromatic rings. The molecule has 1 saturated carbocycles. The van der Waals surface area contributed by atoms with E-state index >= 15 is 0 Å². The van der Waals surface area contributed by atoms with Gasteiger partial charge in [-0.3, -0.25) is 4.79 Å². The van der Waals surface area contributed by atoms with Gasteiger partial charge in [0.25, 0.3) is 0 Å². The second kappa shape index (κ2) is 4.43. The van der Waals surface area contributed by atoms with Crippen LogP contribution in [0.2, 0.25) is 0 Å². The van der Waals surface area contributed by atoms with Gasteiger partial charge in [0.2, 0.25) is 0 Å². The predicted molar refractivity (Wildman–Crippen MR) is 60.9 cm³/mol. The van der Waals surface area contributed by atoms with Crippen molar-refractivity contribution < 1.29 is 28.2 Å². The average molecular weight is 274 g/mol. The molecule has 6 heteroatoms. The number of benzene rings is 1. The van der Waals surface area contributed by atoms with Gasteiger partial charge in [-0.25, -0.2) is 0 Å². The Balaban J connectivity index is 2.70. The zero-order valence-corrected chi connectivity index (χ0v) is 10.00. The molecule has 0 unspecified atom stereocenters. The van der Waals surface area contributed by atoms with E-state index in [-0.39, 0.29) is 12.8 Å². The van der Waals surface area contributed by atoms with Crippen LogP contribution in [0.1, 0.15) is 36.8 Å². The number of aromatic hydroxyl groups is 1. The Morgan fingerprint density at radius 2 is 1.79 bits per heavy atom. The maximum Gasteiger partial charge on any atom is 0.416 e. The highest BCUT2D eigenvalue weighted by Gasteiger charge is 2.49. The van der Waals surface area contributed by atoms with E-state index in [1.807, 2.05) is 0 Å². The topological polar surface area (TPSA) is 57.5 Å². The van der Waals surface area contributed by atoms with Crippen molar-refractivity contribution in [3.05, 3.63) is 29.3 Å². The van der Waals surface area contributed by atoms with Gasteiger partial charge < -0.3 is 10.2 Å². The Morgan fingerprint density at radius 3 is 2.26 bits per heavy atom. The number of phenols is 1. The number of carboxylic acid groups (broad SMARTS) is 1. The lowest BCUT2D eigenvalue weighted by Crippen LogP contribution is -2.35. The number of aliphatic carboxylic acids is 1. The SMILES string of the molecule is O=C(O)C1(c2c(O)cccc2C(F)(F)F)CCCC1. The van der Waals surface area contributed by atoms with Crippen LogP contribution in [-0.4, -0.2) is 16.2 Å². The second-order valence-corrected chi connectivity index (χ2v) is 4.79. The van der Waals surface area contributed by atoms with Crippen molar-refractivity contribution in [3.8, 4) is 5.75 Å². The largest absolute Gasteiger partial charge is 0.508 e. The Kier molecular flexibility index (Phi) is 3.20. The normalized spacial score (nSPS) is 18.5. The molecule has 0 amide bonds. The molecular weight excluding hydrogens is 261 g/mol. The van der Waals surface area contributed by atoms with Gasteiger partial charge in [-0.1, -0.05) is 18.9 Å². The van der Waals surface area contributed by atoms with Crippen LogP contribution < -0.4 is 0 Å². The molecule has 0 saturated heterocycles. The van der Waals surface area contributed by atoms with Gasteiger partial charge in [0.05, 0.1) is 11.0 Å². The molecule has 0 heterocycles. The lowest BCUT2D eigenvalue weighted by molar-refractivity contribution is -0.146. The van der Waals surface area contributed by atoms with E-state index in [4.69, 9.17) is 0 Å². The summed E-state index contributed by atoms with van der Waals surface area (Å²) in [7, 11) is 0. The third-order valence-corrected chi connectivity index (χ3v) is 3.69. The minimum Gasteiger partial charge on any atom is -0.508 e. The third-order valence-electron chi connectivity index (χ3n) is 3.69. The molecule has 0 atom stereocenters. The summed E-state index contributed by atoms with van der Waals surface area (Å²) in [6.07, 6.45) is -3.37. The van der Waals surface area contributed by atoms with Crippen LogP contribution in [0.25, 0.3) is 0 Å². The predicted octanol–water partition coefficient (Wildman–Crippen LogP) is 3.31. The lowest BCUT2D eigenvalue weighted by Gasteiger charge is -2.28. The summed E-state index contributed by atoms with van der Waals surface area (Å²) in [6.45, 7) is 0. The van der Waals surface area contributed by atoms with Crippen molar-refractivity contribution in [3.63, 3.8) is 0 Å². The first-order valence-electron chi connectivity index (χ1n) is 5.92. The maximum absolute atomic E-state index is 13.0. The van der Waals surface area contributed by atoms with Crippen LogP contribution in [0.5, 0.6) is 5.75 Å². The quantitative estimate of drug-likeness (QED) is 0.869. The summed E-state index contributed by atoms with van der Waals surface area (Å²) >= 11 is 0. The third kappa shape index (κ3) is 2.15. The van der Waals surface area contributed by atoms with E-state index in [0.717, 1.165) is 18.2 Å². The fourth-order valence-corrected chi connectivity index (χ4v) is 2.83. The molecule has 0 spiro atoms. The van der Waals surface area contributed by atoms with E-state index in [9.17, 15) is 28.2 Å². The fourth-order valence-electron chi connectivity index (χ4n) is 2.83. The maximum atomic E-state index is 13.0. The highest BCUT2D eigenvalue weighted by atomic mass is 19.4. The first-order chi connectivity index (χ1) is 8.79. The van der Waals surface area contributed by atoms with Crippen molar-refractivity contribution in [1.82, 2.24) is 0 Å². The molecule has 0 aliphatic heterocycles. The minimum absolute atomic E-state index is 0.114. The lowest BCUT2D eigenvalue weighted by atomic mass is 9.76. The Morgan fingerprint density at radius 1 is 1.21 bits per heavy atom. The Bertz CT molecular complexity index is 502. The van der Waals surface area contributed by atoms with Crippen molar-refractivity contribution in [2.75, 3.05) is 0 Å². The van der Waals surface area contributed by atoms with Gasteiger partial charge >= 0.3 is 12.1 Å². The second-order valence-electron chi connectivity index (χ2n) is 4.79. The molecule has 3 nitrogen and oxygen atoms in total. The molecule has 104 valence electrons. The number of halogens is 3. The molecule has 1 aromatic carbocycles. The molecule has 0 bridgehead atoms. The van der Waals surface area contributed by atoms with Gasteiger partial charge in [-0.05, 0) is 25.0 Å². The summed E-state index contributed by atoms with van der Waals surface area (Å²) in [5.74, 6) is -1.91. The molecule has 19 heavy (non-hydrogen) atoms. The van der Waals surface area contributed by atoms with E-state index < -0.39 is 34.4 Å². The molecule has 2 rings (SSSR count). The standard InChI is InChI=1S/C13H13F3O3/c14-13(15,16)8-4-3-5-9(17)10(8)12(11(18)19)6-1-2-7-12/h3-5,17H,1-2,6-7H2,(H,18,19). The summed E-state index contributed by atoms with van der Waals surface area (Å²) in [6, 6.07) is 3.00. The minimum atomic E-state index is -4.68.